The first-order valence-corrected chi connectivity index (χ1v) is 8.06. The van der Waals surface area contributed by atoms with Crippen LogP contribution in [0.25, 0.3) is 11.1 Å². The third-order valence-corrected chi connectivity index (χ3v) is 4.64. The zero-order valence-electron chi connectivity index (χ0n) is 13.4. The molecule has 5 nitrogen and oxygen atoms in total. The lowest BCUT2D eigenvalue weighted by Gasteiger charge is -2.16. The van der Waals surface area contributed by atoms with Gasteiger partial charge in [0.15, 0.2) is 0 Å². The Balaban J connectivity index is 1.62. The van der Waals surface area contributed by atoms with E-state index in [1.807, 2.05) is 30.3 Å². The molecular formula is C19H18N2O3. The highest BCUT2D eigenvalue weighted by Gasteiger charge is 2.47. The number of anilines is 1. The van der Waals surface area contributed by atoms with E-state index in [2.05, 4.69) is 23.5 Å². The topological polar surface area (TPSA) is 58.6 Å². The van der Waals surface area contributed by atoms with E-state index in [9.17, 15) is 9.59 Å². The number of amides is 2. The largest absolute Gasteiger partial charge is 0.442 e. The summed E-state index contributed by atoms with van der Waals surface area (Å²) in [6.07, 6.45) is 0.0990. The minimum atomic E-state index is -0.332. The average molecular weight is 322 g/mol. The van der Waals surface area contributed by atoms with Crippen LogP contribution in [0.2, 0.25) is 0 Å². The van der Waals surface area contributed by atoms with Crippen LogP contribution in [-0.4, -0.2) is 30.7 Å². The highest BCUT2D eigenvalue weighted by Crippen LogP contribution is 2.40. The molecule has 2 heterocycles. The van der Waals surface area contributed by atoms with Gasteiger partial charge in [0, 0.05) is 6.92 Å². The molecule has 0 bridgehead atoms. The van der Waals surface area contributed by atoms with Crippen molar-refractivity contribution in [2.45, 2.75) is 25.5 Å². The van der Waals surface area contributed by atoms with Gasteiger partial charge in [0.05, 0.1) is 18.3 Å². The molecule has 2 aliphatic rings. The van der Waals surface area contributed by atoms with Gasteiger partial charge >= 0.3 is 6.09 Å². The fourth-order valence-corrected chi connectivity index (χ4v) is 3.51. The van der Waals surface area contributed by atoms with Crippen molar-refractivity contribution in [1.29, 1.82) is 0 Å². The van der Waals surface area contributed by atoms with Crippen LogP contribution in [0.5, 0.6) is 0 Å². The van der Waals surface area contributed by atoms with Crippen LogP contribution in [0.3, 0.4) is 0 Å². The summed E-state index contributed by atoms with van der Waals surface area (Å²) in [6, 6.07) is 16.3. The maximum absolute atomic E-state index is 12.2. The van der Waals surface area contributed by atoms with Crippen LogP contribution in [0.4, 0.5) is 10.5 Å². The predicted octanol–water partition coefficient (Wildman–Crippen LogP) is 2.74. The molecule has 0 radical (unpaired) electrons. The van der Waals surface area contributed by atoms with Crippen LogP contribution in [0.15, 0.2) is 48.5 Å². The first kappa shape index (κ1) is 14.8. The minimum Gasteiger partial charge on any atom is -0.442 e. The molecule has 24 heavy (non-hydrogen) atoms. The second-order valence-corrected chi connectivity index (χ2v) is 6.21. The molecule has 0 saturated carbocycles. The molecule has 0 aromatic heterocycles. The van der Waals surface area contributed by atoms with Gasteiger partial charge in [-0.25, -0.2) is 4.79 Å². The van der Waals surface area contributed by atoms with Gasteiger partial charge in [0.1, 0.15) is 6.10 Å². The number of cyclic esters (lactones) is 1. The van der Waals surface area contributed by atoms with Crippen LogP contribution in [0, 0.1) is 0 Å². The third kappa shape index (κ3) is 2.42. The van der Waals surface area contributed by atoms with Crippen LogP contribution >= 0.6 is 0 Å². The predicted molar refractivity (Wildman–Crippen MR) is 90.8 cm³/mol. The van der Waals surface area contributed by atoms with Gasteiger partial charge in [-0.05, 0) is 35.2 Å². The lowest BCUT2D eigenvalue weighted by molar-refractivity contribution is -0.119. The standard InChI is InChI=1S/C19H18N2O3/c1-12(22)20-11-18-17-10-15-9-14(13-5-3-2-4-6-13)7-8-16(15)21(17)19(23)24-18/h2-9,17-18H,10-11H2,1H3,(H,20,22)/t17-,18-/m0/s1. The highest BCUT2D eigenvalue weighted by atomic mass is 16.6. The first-order chi connectivity index (χ1) is 11.6. The molecule has 0 aliphatic carbocycles. The lowest BCUT2D eigenvalue weighted by atomic mass is 10.00. The normalized spacial score (nSPS) is 21.2. The highest BCUT2D eigenvalue weighted by molar-refractivity contribution is 5.94. The molecule has 5 heteroatoms. The van der Waals surface area contributed by atoms with Gasteiger partial charge in [-0.3, -0.25) is 9.69 Å². The molecule has 122 valence electrons. The number of hydrogen-bond acceptors (Lipinski definition) is 3. The summed E-state index contributed by atoms with van der Waals surface area (Å²) in [5.41, 5.74) is 4.35. The van der Waals surface area contributed by atoms with Gasteiger partial charge in [0.25, 0.3) is 0 Å². The van der Waals surface area contributed by atoms with Crippen molar-refractivity contribution < 1.29 is 14.3 Å². The number of nitrogens with zero attached hydrogens (tertiary/aromatic N) is 1. The van der Waals surface area contributed by atoms with Crippen molar-refractivity contribution >= 4 is 17.7 Å². The summed E-state index contributed by atoms with van der Waals surface area (Å²) in [5.74, 6) is -0.119. The summed E-state index contributed by atoms with van der Waals surface area (Å²) >= 11 is 0. The summed E-state index contributed by atoms with van der Waals surface area (Å²) in [6.45, 7) is 1.81. The minimum absolute atomic E-state index is 0.0506. The van der Waals surface area contributed by atoms with E-state index in [-0.39, 0.29) is 24.1 Å². The first-order valence-electron chi connectivity index (χ1n) is 8.06. The molecule has 2 atom stereocenters. The van der Waals surface area contributed by atoms with E-state index in [0.29, 0.717) is 6.54 Å². The van der Waals surface area contributed by atoms with Gasteiger partial charge < -0.3 is 10.1 Å². The van der Waals surface area contributed by atoms with Crippen LogP contribution < -0.4 is 10.2 Å². The fraction of sp³-hybridized carbons (Fsp3) is 0.263. The molecule has 1 saturated heterocycles. The smallest absolute Gasteiger partial charge is 0.415 e. The molecule has 1 fully saturated rings. The summed E-state index contributed by atoms with van der Waals surface area (Å²) in [7, 11) is 0. The fourth-order valence-electron chi connectivity index (χ4n) is 3.51. The number of carbonyl (C=O) groups is 2. The maximum Gasteiger partial charge on any atom is 0.415 e. The average Bonchev–Trinajstić information content (AvgIpc) is 3.11. The number of ether oxygens (including phenoxy) is 1. The number of benzene rings is 2. The quantitative estimate of drug-likeness (QED) is 0.945. The van der Waals surface area contributed by atoms with E-state index in [0.717, 1.165) is 28.8 Å². The van der Waals surface area contributed by atoms with Crippen LogP contribution in [0.1, 0.15) is 12.5 Å². The number of rotatable bonds is 3. The van der Waals surface area contributed by atoms with Crippen molar-refractivity contribution in [2.24, 2.45) is 0 Å². The molecule has 1 N–H and O–H groups in total. The van der Waals surface area contributed by atoms with Gasteiger partial charge in [-0.2, -0.15) is 0 Å². The SMILES string of the molecule is CC(=O)NC[C@@H]1OC(=O)N2c3ccc(-c4ccccc4)cc3C[C@@H]12. The number of fused-ring (bicyclic) bond motifs is 3. The van der Waals surface area contributed by atoms with E-state index < -0.39 is 0 Å². The van der Waals surface area contributed by atoms with Crippen molar-refractivity contribution in [2.75, 3.05) is 11.4 Å². The van der Waals surface area contributed by atoms with E-state index in [1.54, 1.807) is 4.90 Å². The molecule has 4 rings (SSSR count). The number of carbonyl (C=O) groups excluding carboxylic acids is 2. The van der Waals surface area contributed by atoms with Crippen molar-refractivity contribution in [3.8, 4) is 11.1 Å². The Bertz CT molecular complexity index is 804. The Kier molecular flexibility index (Phi) is 3.49. The maximum atomic E-state index is 12.2. The van der Waals surface area contributed by atoms with Gasteiger partial charge in [-0.15, -0.1) is 0 Å². The van der Waals surface area contributed by atoms with E-state index >= 15 is 0 Å². The van der Waals surface area contributed by atoms with Crippen LogP contribution in [-0.2, 0) is 16.0 Å². The van der Waals surface area contributed by atoms with Crippen molar-refractivity contribution in [1.82, 2.24) is 5.32 Å². The van der Waals surface area contributed by atoms with Crippen molar-refractivity contribution in [3.05, 3.63) is 54.1 Å². The Morgan fingerprint density at radius 2 is 2.00 bits per heavy atom. The Morgan fingerprint density at radius 1 is 1.21 bits per heavy atom. The third-order valence-electron chi connectivity index (χ3n) is 4.64. The molecule has 2 amide bonds. The Labute approximate surface area is 140 Å². The lowest BCUT2D eigenvalue weighted by Crippen LogP contribution is -2.40. The van der Waals surface area contributed by atoms with Gasteiger partial charge in [-0.1, -0.05) is 36.4 Å². The molecule has 2 aromatic carbocycles. The zero-order chi connectivity index (χ0) is 16.7. The van der Waals surface area contributed by atoms with E-state index in [1.165, 1.54) is 6.92 Å². The zero-order valence-corrected chi connectivity index (χ0v) is 13.4. The number of nitrogens with one attached hydrogen (secondary N) is 1. The Hall–Kier alpha value is -2.82. The second kappa shape index (κ2) is 5.67. The second-order valence-electron chi connectivity index (χ2n) is 6.21. The number of hydrogen-bond donors (Lipinski definition) is 1. The Morgan fingerprint density at radius 3 is 2.75 bits per heavy atom. The molecule has 2 aromatic rings. The molecule has 0 spiro atoms. The summed E-state index contributed by atoms with van der Waals surface area (Å²) in [5, 5.41) is 2.74. The molecule has 2 aliphatic heterocycles. The monoisotopic (exact) mass is 322 g/mol. The van der Waals surface area contributed by atoms with Gasteiger partial charge in [0.2, 0.25) is 5.91 Å². The van der Waals surface area contributed by atoms with Crippen molar-refractivity contribution in [3.63, 3.8) is 0 Å². The molecule has 0 unspecified atom stereocenters. The molecular weight excluding hydrogens is 304 g/mol. The summed E-state index contributed by atoms with van der Waals surface area (Å²) in [4.78, 5) is 25.1. The summed E-state index contributed by atoms with van der Waals surface area (Å²) < 4.78 is 5.42. The van der Waals surface area contributed by atoms with E-state index in [4.69, 9.17) is 4.74 Å².